The predicted octanol–water partition coefficient (Wildman–Crippen LogP) is 3.41. The number of rotatable bonds is 10. The Morgan fingerprint density at radius 1 is 1.00 bits per heavy atom. The third kappa shape index (κ3) is 8.26. The zero-order valence-corrected chi connectivity index (χ0v) is 11.8. The van der Waals surface area contributed by atoms with E-state index in [-0.39, 0.29) is 0 Å². The predicted molar refractivity (Wildman–Crippen MR) is 78.0 cm³/mol. The van der Waals surface area contributed by atoms with E-state index < -0.39 is 0 Å². The molecule has 2 heteroatoms. The highest BCUT2D eigenvalue weighted by molar-refractivity contribution is 5.14. The van der Waals surface area contributed by atoms with E-state index in [1.165, 1.54) is 24.8 Å². The summed E-state index contributed by atoms with van der Waals surface area (Å²) in [6, 6.07) is 11.1. The number of hydrogen-bond donors (Lipinski definition) is 1. The fraction of sp³-hybridized carbons (Fsp3) is 0.625. The summed E-state index contributed by atoms with van der Waals surface area (Å²) in [5.74, 6) is 0. The van der Waals surface area contributed by atoms with Gasteiger partial charge in [-0.25, -0.2) is 0 Å². The van der Waals surface area contributed by atoms with E-state index in [0.29, 0.717) is 6.04 Å². The van der Waals surface area contributed by atoms with Crippen molar-refractivity contribution in [3.05, 3.63) is 35.9 Å². The lowest BCUT2D eigenvalue weighted by atomic mass is 10.2. The highest BCUT2D eigenvalue weighted by atomic mass is 16.5. The first-order valence-corrected chi connectivity index (χ1v) is 7.14. The molecule has 0 fully saturated rings. The van der Waals surface area contributed by atoms with Gasteiger partial charge in [-0.15, -0.1) is 0 Å². The Balaban J connectivity index is 1.84. The summed E-state index contributed by atoms with van der Waals surface area (Å²) in [4.78, 5) is 0. The summed E-state index contributed by atoms with van der Waals surface area (Å²) in [5.41, 5.74) is 1.36. The second kappa shape index (κ2) is 10.1. The van der Waals surface area contributed by atoms with Crippen molar-refractivity contribution in [2.24, 2.45) is 0 Å². The summed E-state index contributed by atoms with van der Waals surface area (Å²) in [5, 5.41) is 3.43. The zero-order valence-electron chi connectivity index (χ0n) is 11.8. The van der Waals surface area contributed by atoms with E-state index in [0.717, 1.165) is 26.2 Å². The van der Waals surface area contributed by atoms with E-state index in [1.807, 2.05) is 0 Å². The van der Waals surface area contributed by atoms with Gasteiger partial charge in [0.1, 0.15) is 0 Å². The lowest BCUT2D eigenvalue weighted by Crippen LogP contribution is -2.23. The minimum Gasteiger partial charge on any atom is -0.381 e. The van der Waals surface area contributed by atoms with Gasteiger partial charge in [-0.05, 0) is 37.8 Å². The molecule has 1 aromatic rings. The van der Waals surface area contributed by atoms with Gasteiger partial charge in [0.15, 0.2) is 0 Å². The first-order chi connectivity index (χ1) is 8.79. The molecule has 1 N–H and O–H groups in total. The quantitative estimate of drug-likeness (QED) is 0.642. The second-order valence-electron chi connectivity index (χ2n) is 5.02. The van der Waals surface area contributed by atoms with Crippen molar-refractivity contribution in [2.75, 3.05) is 19.8 Å². The molecule has 0 saturated carbocycles. The Morgan fingerprint density at radius 3 is 2.50 bits per heavy atom. The van der Waals surface area contributed by atoms with Crippen LogP contribution in [0.4, 0.5) is 0 Å². The number of nitrogens with one attached hydrogen (secondary N) is 1. The topological polar surface area (TPSA) is 21.3 Å². The summed E-state index contributed by atoms with van der Waals surface area (Å²) in [7, 11) is 0. The fourth-order valence-electron chi connectivity index (χ4n) is 1.83. The smallest absolute Gasteiger partial charge is 0.0506 e. The normalized spacial score (nSPS) is 11.1. The molecular weight excluding hydrogens is 222 g/mol. The number of ether oxygens (including phenoxy) is 1. The van der Waals surface area contributed by atoms with Gasteiger partial charge in [-0.3, -0.25) is 0 Å². The van der Waals surface area contributed by atoms with Gasteiger partial charge in [-0.2, -0.15) is 0 Å². The lowest BCUT2D eigenvalue weighted by molar-refractivity contribution is 0.133. The first-order valence-electron chi connectivity index (χ1n) is 7.14. The highest BCUT2D eigenvalue weighted by Crippen LogP contribution is 2.01. The molecule has 18 heavy (non-hydrogen) atoms. The number of unbranched alkanes of at least 4 members (excludes halogenated alkanes) is 2. The van der Waals surface area contributed by atoms with Gasteiger partial charge < -0.3 is 10.1 Å². The maximum Gasteiger partial charge on any atom is 0.0506 e. The molecule has 0 aliphatic carbocycles. The van der Waals surface area contributed by atoms with Crippen LogP contribution in [0, 0.1) is 0 Å². The van der Waals surface area contributed by atoms with Crippen LogP contribution in [0.3, 0.4) is 0 Å². The summed E-state index contributed by atoms with van der Waals surface area (Å²) >= 11 is 0. The van der Waals surface area contributed by atoms with Crippen LogP contribution < -0.4 is 5.32 Å². The molecule has 0 radical (unpaired) electrons. The largest absolute Gasteiger partial charge is 0.381 e. The van der Waals surface area contributed by atoms with Crippen molar-refractivity contribution in [3.63, 3.8) is 0 Å². The van der Waals surface area contributed by atoms with Crippen molar-refractivity contribution in [2.45, 2.75) is 45.6 Å². The van der Waals surface area contributed by atoms with Crippen LogP contribution in [0.25, 0.3) is 0 Å². The third-order valence-electron chi connectivity index (χ3n) is 2.90. The maximum atomic E-state index is 5.64. The molecule has 0 heterocycles. The Labute approximate surface area is 112 Å². The van der Waals surface area contributed by atoms with Crippen LogP contribution in [0.15, 0.2) is 30.3 Å². The maximum absolute atomic E-state index is 5.64. The number of benzene rings is 1. The summed E-state index contributed by atoms with van der Waals surface area (Å²) in [6.07, 6.45) is 4.70. The van der Waals surface area contributed by atoms with E-state index >= 15 is 0 Å². The van der Waals surface area contributed by atoms with Crippen molar-refractivity contribution in [3.8, 4) is 0 Å². The van der Waals surface area contributed by atoms with Crippen molar-refractivity contribution < 1.29 is 4.74 Å². The average Bonchev–Trinajstić information content (AvgIpc) is 2.37. The Bertz CT molecular complexity index is 284. The Kier molecular flexibility index (Phi) is 8.53. The van der Waals surface area contributed by atoms with Crippen LogP contribution >= 0.6 is 0 Å². The average molecular weight is 249 g/mol. The molecule has 0 spiro atoms. The molecule has 1 aromatic carbocycles. The van der Waals surface area contributed by atoms with Crippen LogP contribution in [0.5, 0.6) is 0 Å². The second-order valence-corrected chi connectivity index (χ2v) is 5.02. The molecule has 102 valence electrons. The number of hydrogen-bond acceptors (Lipinski definition) is 2. The first kappa shape index (κ1) is 15.2. The molecule has 0 aliphatic rings. The van der Waals surface area contributed by atoms with E-state index in [1.54, 1.807) is 0 Å². The standard InChI is InChI=1S/C16H27NO/c1-15(2)17-12-7-4-8-13-18-14-11-16-9-5-3-6-10-16/h3,5-6,9-10,15,17H,4,7-8,11-14H2,1-2H3. The summed E-state index contributed by atoms with van der Waals surface area (Å²) < 4.78 is 5.64. The van der Waals surface area contributed by atoms with E-state index in [9.17, 15) is 0 Å². The fourth-order valence-corrected chi connectivity index (χ4v) is 1.83. The molecule has 0 amide bonds. The highest BCUT2D eigenvalue weighted by Gasteiger charge is 1.94. The van der Waals surface area contributed by atoms with Gasteiger partial charge in [0.05, 0.1) is 6.61 Å². The van der Waals surface area contributed by atoms with Gasteiger partial charge in [0.2, 0.25) is 0 Å². The van der Waals surface area contributed by atoms with Crippen molar-refractivity contribution >= 4 is 0 Å². The Morgan fingerprint density at radius 2 is 1.78 bits per heavy atom. The molecule has 0 aliphatic heterocycles. The van der Waals surface area contributed by atoms with Crippen LogP contribution in [0.1, 0.15) is 38.7 Å². The summed E-state index contributed by atoms with van der Waals surface area (Å²) in [6.45, 7) is 7.24. The molecular formula is C16H27NO. The van der Waals surface area contributed by atoms with Crippen LogP contribution in [-0.4, -0.2) is 25.8 Å². The molecule has 1 rings (SSSR count). The Hall–Kier alpha value is -0.860. The molecule has 2 nitrogen and oxygen atoms in total. The van der Waals surface area contributed by atoms with E-state index in [2.05, 4.69) is 49.5 Å². The monoisotopic (exact) mass is 249 g/mol. The minimum absolute atomic E-state index is 0.604. The van der Waals surface area contributed by atoms with Crippen LogP contribution in [0.2, 0.25) is 0 Å². The third-order valence-corrected chi connectivity index (χ3v) is 2.90. The van der Waals surface area contributed by atoms with Gasteiger partial charge in [0, 0.05) is 12.6 Å². The van der Waals surface area contributed by atoms with Crippen molar-refractivity contribution in [1.82, 2.24) is 5.32 Å². The lowest BCUT2D eigenvalue weighted by Gasteiger charge is -2.07. The molecule has 0 bridgehead atoms. The van der Waals surface area contributed by atoms with Gasteiger partial charge in [0.25, 0.3) is 0 Å². The van der Waals surface area contributed by atoms with Gasteiger partial charge in [-0.1, -0.05) is 44.2 Å². The minimum atomic E-state index is 0.604. The van der Waals surface area contributed by atoms with E-state index in [4.69, 9.17) is 4.74 Å². The van der Waals surface area contributed by atoms with Gasteiger partial charge >= 0.3 is 0 Å². The van der Waals surface area contributed by atoms with Crippen molar-refractivity contribution in [1.29, 1.82) is 0 Å². The SMILES string of the molecule is CC(C)NCCCCCOCCc1ccccc1. The molecule has 0 saturated heterocycles. The van der Waals surface area contributed by atoms with Crippen LogP contribution in [-0.2, 0) is 11.2 Å². The zero-order chi connectivity index (χ0) is 13.1. The molecule has 0 aromatic heterocycles. The molecule has 0 unspecified atom stereocenters. The molecule has 0 atom stereocenters.